The summed E-state index contributed by atoms with van der Waals surface area (Å²) >= 11 is 0. The highest BCUT2D eigenvalue weighted by Gasteiger charge is 2.39. The van der Waals surface area contributed by atoms with Crippen molar-refractivity contribution in [2.75, 3.05) is 6.54 Å². The fourth-order valence-electron chi connectivity index (χ4n) is 2.34. The molecule has 2 unspecified atom stereocenters. The van der Waals surface area contributed by atoms with E-state index in [0.717, 1.165) is 5.56 Å². The summed E-state index contributed by atoms with van der Waals surface area (Å²) in [6, 6.07) is 7.16. The quantitative estimate of drug-likeness (QED) is 0.752. The zero-order valence-electron chi connectivity index (χ0n) is 11.7. The third kappa shape index (κ3) is 3.36. The topological polar surface area (TPSA) is 78.8 Å². The fourth-order valence-corrected chi connectivity index (χ4v) is 2.34. The van der Waals surface area contributed by atoms with Crippen molar-refractivity contribution < 1.29 is 19.7 Å². The average molecular weight is 279 g/mol. The number of benzene rings is 1. The van der Waals surface area contributed by atoms with Crippen LogP contribution in [-0.4, -0.2) is 41.0 Å². The van der Waals surface area contributed by atoms with Gasteiger partial charge in [0.2, 0.25) is 0 Å². The van der Waals surface area contributed by atoms with Gasteiger partial charge in [0.1, 0.15) is 12.1 Å². The van der Waals surface area contributed by atoms with Gasteiger partial charge < -0.3 is 14.9 Å². The molecule has 5 nitrogen and oxygen atoms in total. The number of aliphatic hydroxyl groups is 1. The van der Waals surface area contributed by atoms with Gasteiger partial charge in [-0.3, -0.25) is 10.1 Å². The smallest absolute Gasteiger partial charge is 0.323 e. The molecule has 0 bridgehead atoms. The molecule has 110 valence electrons. The van der Waals surface area contributed by atoms with Crippen molar-refractivity contribution in [1.29, 1.82) is 0 Å². The van der Waals surface area contributed by atoms with Crippen molar-refractivity contribution in [3.05, 3.63) is 35.4 Å². The van der Waals surface area contributed by atoms with Gasteiger partial charge in [-0.2, -0.15) is 0 Å². The van der Waals surface area contributed by atoms with Crippen LogP contribution in [0, 0.1) is 0 Å². The molecule has 3 atom stereocenters. The number of rotatable bonds is 5. The minimum atomic E-state index is -1.05. The van der Waals surface area contributed by atoms with Crippen LogP contribution in [0.25, 0.3) is 0 Å². The molecule has 3 N–H and O–H groups in total. The average Bonchev–Trinajstić information content (AvgIpc) is 2.78. The van der Waals surface area contributed by atoms with E-state index in [1.165, 1.54) is 5.56 Å². The van der Waals surface area contributed by atoms with Crippen LogP contribution in [-0.2, 0) is 16.1 Å². The maximum absolute atomic E-state index is 10.9. The predicted molar refractivity (Wildman–Crippen MR) is 74.5 cm³/mol. The third-order valence-electron chi connectivity index (χ3n) is 3.61. The predicted octanol–water partition coefficient (Wildman–Crippen LogP) is 1.11. The molecule has 1 heterocycles. The lowest BCUT2D eigenvalue weighted by molar-refractivity contribution is -0.142. The number of hydrogen-bond acceptors (Lipinski definition) is 4. The molecule has 0 amide bonds. The Balaban J connectivity index is 1.93. The van der Waals surface area contributed by atoms with Crippen LogP contribution in [0.5, 0.6) is 0 Å². The Morgan fingerprint density at radius 3 is 2.85 bits per heavy atom. The normalized spacial score (nSPS) is 26.1. The Hall–Kier alpha value is -1.43. The number of hydrogen-bond donors (Lipinski definition) is 3. The van der Waals surface area contributed by atoms with Gasteiger partial charge in [0, 0.05) is 6.54 Å². The van der Waals surface area contributed by atoms with Crippen LogP contribution in [0.1, 0.15) is 30.9 Å². The van der Waals surface area contributed by atoms with E-state index >= 15 is 0 Å². The third-order valence-corrected chi connectivity index (χ3v) is 3.61. The minimum absolute atomic E-state index is 0.349. The number of aliphatic hydroxyl groups excluding tert-OH is 1. The van der Waals surface area contributed by atoms with E-state index in [2.05, 4.69) is 31.3 Å². The first kappa shape index (κ1) is 15.0. The molecule has 1 aliphatic heterocycles. The number of carboxylic acid groups (broad SMARTS) is 1. The van der Waals surface area contributed by atoms with E-state index in [0.29, 0.717) is 19.1 Å². The lowest BCUT2D eigenvalue weighted by Crippen LogP contribution is -2.40. The second kappa shape index (κ2) is 6.35. The van der Waals surface area contributed by atoms with Gasteiger partial charge in [0.05, 0.1) is 12.7 Å². The summed E-state index contributed by atoms with van der Waals surface area (Å²) in [5.74, 6) is -0.601. The zero-order chi connectivity index (χ0) is 14.7. The molecule has 0 spiro atoms. The van der Waals surface area contributed by atoms with Gasteiger partial charge in [-0.05, 0) is 17.0 Å². The van der Waals surface area contributed by atoms with Crippen molar-refractivity contribution in [3.8, 4) is 0 Å². The summed E-state index contributed by atoms with van der Waals surface area (Å²) in [5, 5.41) is 21.5. The Morgan fingerprint density at radius 1 is 1.50 bits per heavy atom. The van der Waals surface area contributed by atoms with Crippen LogP contribution in [0.15, 0.2) is 24.3 Å². The van der Waals surface area contributed by atoms with Crippen molar-refractivity contribution in [2.24, 2.45) is 0 Å². The van der Waals surface area contributed by atoms with E-state index < -0.39 is 24.2 Å². The number of aliphatic carboxylic acids is 1. The summed E-state index contributed by atoms with van der Waals surface area (Å²) < 4.78 is 5.64. The maximum Gasteiger partial charge on any atom is 0.323 e. The highest BCUT2D eigenvalue weighted by Crippen LogP contribution is 2.18. The standard InChI is InChI=1S/C15H21NO4/c1-9(2)11-5-3-4-10(6-11)8-20-12-7-16-13(14(12)17)15(18)19/h3-6,9,12-14,16-17H,7-8H2,1-2H3,(H,18,19)/t12?,13-,14?/m0/s1. The van der Waals surface area contributed by atoms with Gasteiger partial charge in [-0.15, -0.1) is 0 Å². The summed E-state index contributed by atoms with van der Waals surface area (Å²) in [6.45, 7) is 4.97. The second-order valence-corrected chi connectivity index (χ2v) is 5.46. The number of carboxylic acids is 1. The van der Waals surface area contributed by atoms with Gasteiger partial charge in [0.25, 0.3) is 0 Å². The zero-order valence-corrected chi connectivity index (χ0v) is 11.7. The van der Waals surface area contributed by atoms with Crippen LogP contribution in [0.3, 0.4) is 0 Å². The molecule has 0 radical (unpaired) electrons. The Bertz CT molecular complexity index is 475. The molecule has 1 saturated heterocycles. The minimum Gasteiger partial charge on any atom is -0.480 e. The Kier molecular flexibility index (Phi) is 4.75. The molecule has 1 aliphatic rings. The highest BCUT2D eigenvalue weighted by atomic mass is 16.5. The maximum atomic E-state index is 10.9. The number of carbonyl (C=O) groups is 1. The summed E-state index contributed by atoms with van der Waals surface area (Å²) in [6.07, 6.45) is -1.50. The molecule has 2 rings (SSSR count). The largest absolute Gasteiger partial charge is 0.480 e. The van der Waals surface area contributed by atoms with E-state index in [1.807, 2.05) is 12.1 Å². The molecule has 1 fully saturated rings. The molecular weight excluding hydrogens is 258 g/mol. The molecule has 0 aliphatic carbocycles. The van der Waals surface area contributed by atoms with Crippen LogP contribution >= 0.6 is 0 Å². The van der Waals surface area contributed by atoms with Gasteiger partial charge in [0.15, 0.2) is 0 Å². The summed E-state index contributed by atoms with van der Waals surface area (Å²) in [5.41, 5.74) is 2.27. The van der Waals surface area contributed by atoms with E-state index in [4.69, 9.17) is 9.84 Å². The van der Waals surface area contributed by atoms with E-state index in [1.54, 1.807) is 0 Å². The monoisotopic (exact) mass is 279 g/mol. The lowest BCUT2D eigenvalue weighted by Gasteiger charge is -2.17. The van der Waals surface area contributed by atoms with Crippen molar-refractivity contribution in [1.82, 2.24) is 5.32 Å². The Labute approximate surface area is 118 Å². The van der Waals surface area contributed by atoms with Gasteiger partial charge in [-0.25, -0.2) is 0 Å². The van der Waals surface area contributed by atoms with Gasteiger partial charge in [-0.1, -0.05) is 38.1 Å². The van der Waals surface area contributed by atoms with Crippen molar-refractivity contribution in [3.63, 3.8) is 0 Å². The molecule has 1 aromatic carbocycles. The van der Waals surface area contributed by atoms with Crippen LogP contribution < -0.4 is 5.32 Å². The fraction of sp³-hybridized carbons (Fsp3) is 0.533. The van der Waals surface area contributed by atoms with Gasteiger partial charge >= 0.3 is 5.97 Å². The first-order valence-electron chi connectivity index (χ1n) is 6.83. The molecular formula is C15H21NO4. The van der Waals surface area contributed by atoms with Crippen molar-refractivity contribution >= 4 is 5.97 Å². The summed E-state index contributed by atoms with van der Waals surface area (Å²) in [7, 11) is 0. The van der Waals surface area contributed by atoms with Crippen molar-refractivity contribution in [2.45, 2.75) is 44.6 Å². The molecule has 0 aromatic heterocycles. The lowest BCUT2D eigenvalue weighted by atomic mass is 10.0. The van der Waals surface area contributed by atoms with Crippen LogP contribution in [0.4, 0.5) is 0 Å². The summed E-state index contributed by atoms with van der Waals surface area (Å²) in [4.78, 5) is 10.9. The SMILES string of the molecule is CC(C)c1cccc(COC2CN[C@H](C(=O)O)C2O)c1. The molecule has 5 heteroatoms. The number of nitrogens with one attached hydrogen (secondary N) is 1. The second-order valence-electron chi connectivity index (χ2n) is 5.46. The first-order valence-corrected chi connectivity index (χ1v) is 6.83. The number of ether oxygens (including phenoxy) is 1. The van der Waals surface area contributed by atoms with E-state index in [9.17, 15) is 9.90 Å². The molecule has 0 saturated carbocycles. The highest BCUT2D eigenvalue weighted by molar-refractivity contribution is 5.74. The molecule has 20 heavy (non-hydrogen) atoms. The Morgan fingerprint density at radius 2 is 2.25 bits per heavy atom. The first-order chi connectivity index (χ1) is 9.49. The van der Waals surface area contributed by atoms with Crippen LogP contribution in [0.2, 0.25) is 0 Å². The van der Waals surface area contributed by atoms with E-state index in [-0.39, 0.29) is 0 Å². The molecule has 1 aromatic rings.